The van der Waals surface area contributed by atoms with Gasteiger partial charge in [0.25, 0.3) is 0 Å². The molecule has 0 aliphatic carbocycles. The number of hydrogen-bond donors (Lipinski definition) is 0. The summed E-state index contributed by atoms with van der Waals surface area (Å²) in [5, 5.41) is 9.45. The molecule has 128 valence electrons. The van der Waals surface area contributed by atoms with E-state index in [1.54, 1.807) is 0 Å². The molecule has 0 aliphatic heterocycles. The average molecular weight is 339 g/mol. The van der Waals surface area contributed by atoms with Gasteiger partial charge in [0.05, 0.1) is 11.6 Å². The van der Waals surface area contributed by atoms with Gasteiger partial charge in [-0.15, -0.1) is 0 Å². The van der Waals surface area contributed by atoms with Gasteiger partial charge in [-0.1, -0.05) is 71.8 Å². The Bertz CT molecular complexity index is 928. The molecule has 0 heterocycles. The quantitative estimate of drug-likeness (QED) is 0.425. The van der Waals surface area contributed by atoms with Crippen molar-refractivity contribution in [2.45, 2.75) is 20.5 Å². The SMILES string of the molecule is Cc1ccc(COc2ccc(/C=C(/C#N)c3ccc(C)cc3)cc2)cc1. The highest BCUT2D eigenvalue weighted by Crippen LogP contribution is 2.20. The third-order valence-electron chi connectivity index (χ3n) is 4.20. The fraction of sp³-hybridized carbons (Fsp3) is 0.125. The van der Waals surface area contributed by atoms with Crippen molar-refractivity contribution in [3.63, 3.8) is 0 Å². The molecule has 0 saturated heterocycles. The third kappa shape index (κ3) is 4.62. The van der Waals surface area contributed by atoms with E-state index in [0.29, 0.717) is 12.2 Å². The van der Waals surface area contributed by atoms with Crippen LogP contribution < -0.4 is 4.74 Å². The molecule has 0 radical (unpaired) electrons. The lowest BCUT2D eigenvalue weighted by Gasteiger charge is -2.07. The van der Waals surface area contributed by atoms with Crippen LogP contribution in [0.1, 0.15) is 27.8 Å². The van der Waals surface area contributed by atoms with Crippen molar-refractivity contribution in [3.05, 3.63) is 101 Å². The van der Waals surface area contributed by atoms with Gasteiger partial charge < -0.3 is 4.74 Å². The standard InChI is InChI=1S/C24H21NO/c1-18-3-7-21(8-4-18)17-26-24-13-9-20(10-14-24)15-23(16-25)22-11-5-19(2)6-12-22/h3-15H,17H2,1-2H3/b23-15-. The molecule has 0 atom stereocenters. The second-order valence-corrected chi connectivity index (χ2v) is 6.38. The molecular formula is C24H21NO. The Kier molecular flexibility index (Phi) is 5.51. The molecule has 2 heteroatoms. The van der Waals surface area contributed by atoms with Crippen LogP contribution in [-0.2, 0) is 6.61 Å². The summed E-state index contributed by atoms with van der Waals surface area (Å²) in [5.41, 5.74) is 6.12. The largest absolute Gasteiger partial charge is 0.489 e. The first-order valence-electron chi connectivity index (χ1n) is 8.61. The number of hydrogen-bond acceptors (Lipinski definition) is 2. The van der Waals surface area contributed by atoms with E-state index >= 15 is 0 Å². The number of allylic oxidation sites excluding steroid dienone is 1. The zero-order chi connectivity index (χ0) is 18.4. The second kappa shape index (κ2) is 8.18. The maximum absolute atomic E-state index is 9.45. The summed E-state index contributed by atoms with van der Waals surface area (Å²) >= 11 is 0. The molecule has 0 aliphatic rings. The lowest BCUT2D eigenvalue weighted by Crippen LogP contribution is -1.95. The van der Waals surface area contributed by atoms with Crippen molar-refractivity contribution >= 4 is 11.6 Å². The molecular weight excluding hydrogens is 318 g/mol. The minimum Gasteiger partial charge on any atom is -0.489 e. The van der Waals surface area contributed by atoms with Crippen molar-refractivity contribution in [2.24, 2.45) is 0 Å². The fourth-order valence-electron chi connectivity index (χ4n) is 2.59. The Labute approximate surface area is 155 Å². The number of rotatable bonds is 5. The summed E-state index contributed by atoms with van der Waals surface area (Å²) in [6, 6.07) is 26.4. The molecule has 0 saturated carbocycles. The third-order valence-corrected chi connectivity index (χ3v) is 4.20. The van der Waals surface area contributed by atoms with E-state index < -0.39 is 0 Å². The lowest BCUT2D eigenvalue weighted by atomic mass is 10.0. The van der Waals surface area contributed by atoms with Crippen LogP contribution >= 0.6 is 0 Å². The number of benzene rings is 3. The Hall–Kier alpha value is -3.31. The minimum absolute atomic E-state index is 0.544. The first-order chi connectivity index (χ1) is 12.6. The summed E-state index contributed by atoms with van der Waals surface area (Å²) in [5.74, 6) is 0.816. The topological polar surface area (TPSA) is 33.0 Å². The number of ether oxygens (including phenoxy) is 1. The molecule has 0 unspecified atom stereocenters. The van der Waals surface area contributed by atoms with Crippen molar-refractivity contribution in [1.29, 1.82) is 5.26 Å². The first-order valence-corrected chi connectivity index (χ1v) is 8.61. The molecule has 2 nitrogen and oxygen atoms in total. The van der Waals surface area contributed by atoms with Gasteiger partial charge >= 0.3 is 0 Å². The molecule has 0 fully saturated rings. The van der Waals surface area contributed by atoms with Crippen LogP contribution in [0, 0.1) is 25.2 Å². The van der Waals surface area contributed by atoms with E-state index in [2.05, 4.69) is 37.3 Å². The predicted octanol–water partition coefficient (Wildman–Crippen LogP) is 5.95. The summed E-state index contributed by atoms with van der Waals surface area (Å²) in [7, 11) is 0. The van der Waals surface area contributed by atoms with Crippen LogP contribution in [0.15, 0.2) is 72.8 Å². The predicted molar refractivity (Wildman–Crippen MR) is 107 cm³/mol. The molecule has 0 amide bonds. The minimum atomic E-state index is 0.544. The van der Waals surface area contributed by atoms with Crippen LogP contribution in [0.2, 0.25) is 0 Å². The Morgan fingerprint density at radius 1 is 0.846 bits per heavy atom. The van der Waals surface area contributed by atoms with Gasteiger partial charge in [0, 0.05) is 0 Å². The molecule has 26 heavy (non-hydrogen) atoms. The first kappa shape index (κ1) is 17.5. The van der Waals surface area contributed by atoms with Gasteiger partial charge in [-0.2, -0.15) is 5.26 Å². The summed E-state index contributed by atoms with van der Waals surface area (Å²) in [4.78, 5) is 0. The lowest BCUT2D eigenvalue weighted by molar-refractivity contribution is 0.306. The second-order valence-electron chi connectivity index (χ2n) is 6.38. The highest BCUT2D eigenvalue weighted by atomic mass is 16.5. The van der Waals surface area contributed by atoms with E-state index in [9.17, 15) is 5.26 Å². The van der Waals surface area contributed by atoms with Gasteiger partial charge in [0.15, 0.2) is 0 Å². The van der Waals surface area contributed by atoms with Crippen LogP contribution in [0.3, 0.4) is 0 Å². The molecule has 0 aromatic heterocycles. The molecule has 3 aromatic rings. The molecule has 3 aromatic carbocycles. The Morgan fingerprint density at radius 2 is 1.42 bits per heavy atom. The van der Waals surface area contributed by atoms with Gasteiger partial charge in [0.1, 0.15) is 12.4 Å². The van der Waals surface area contributed by atoms with Gasteiger partial charge in [-0.05, 0) is 48.7 Å². The van der Waals surface area contributed by atoms with Crippen LogP contribution in [0.5, 0.6) is 5.75 Å². The van der Waals surface area contributed by atoms with Crippen molar-refractivity contribution in [2.75, 3.05) is 0 Å². The monoisotopic (exact) mass is 339 g/mol. The van der Waals surface area contributed by atoms with E-state index in [0.717, 1.165) is 22.4 Å². The average Bonchev–Trinajstić information content (AvgIpc) is 2.67. The van der Waals surface area contributed by atoms with Crippen molar-refractivity contribution in [3.8, 4) is 11.8 Å². The number of nitriles is 1. The normalized spacial score (nSPS) is 11.0. The highest BCUT2D eigenvalue weighted by Gasteiger charge is 2.02. The smallest absolute Gasteiger partial charge is 0.119 e. The molecule has 0 spiro atoms. The van der Waals surface area contributed by atoms with Gasteiger partial charge in [-0.3, -0.25) is 0 Å². The maximum atomic E-state index is 9.45. The van der Waals surface area contributed by atoms with Crippen LogP contribution in [-0.4, -0.2) is 0 Å². The molecule has 3 rings (SSSR count). The maximum Gasteiger partial charge on any atom is 0.119 e. The fourth-order valence-corrected chi connectivity index (χ4v) is 2.59. The van der Waals surface area contributed by atoms with Gasteiger partial charge in [-0.25, -0.2) is 0 Å². The van der Waals surface area contributed by atoms with E-state index in [-0.39, 0.29) is 0 Å². The molecule has 0 bridgehead atoms. The summed E-state index contributed by atoms with van der Waals surface area (Å²) < 4.78 is 5.83. The van der Waals surface area contributed by atoms with E-state index in [1.165, 1.54) is 11.1 Å². The number of aryl methyl sites for hydroxylation is 2. The number of nitrogens with zero attached hydrogens (tertiary/aromatic N) is 1. The Balaban J connectivity index is 1.69. The van der Waals surface area contributed by atoms with Crippen molar-refractivity contribution < 1.29 is 4.74 Å². The van der Waals surface area contributed by atoms with Crippen molar-refractivity contribution in [1.82, 2.24) is 0 Å². The van der Waals surface area contributed by atoms with E-state index in [4.69, 9.17) is 4.74 Å². The van der Waals surface area contributed by atoms with Crippen LogP contribution in [0.4, 0.5) is 0 Å². The van der Waals surface area contributed by atoms with Gasteiger partial charge in [0.2, 0.25) is 0 Å². The summed E-state index contributed by atoms with van der Waals surface area (Å²) in [6.45, 7) is 4.65. The zero-order valence-corrected chi connectivity index (χ0v) is 15.1. The van der Waals surface area contributed by atoms with E-state index in [1.807, 2.05) is 61.5 Å². The summed E-state index contributed by atoms with van der Waals surface area (Å²) in [6.07, 6.45) is 1.90. The van der Waals surface area contributed by atoms with Crippen LogP contribution in [0.25, 0.3) is 11.6 Å². The molecule has 0 N–H and O–H groups in total. The highest BCUT2D eigenvalue weighted by molar-refractivity contribution is 5.89. The Morgan fingerprint density at radius 3 is 2.00 bits per heavy atom. The zero-order valence-electron chi connectivity index (χ0n) is 15.1.